The summed E-state index contributed by atoms with van der Waals surface area (Å²) in [4.78, 5) is 30.5. The molecule has 0 radical (unpaired) electrons. The minimum absolute atomic E-state index is 0.0297. The van der Waals surface area contributed by atoms with Crippen molar-refractivity contribution in [1.82, 2.24) is 15.2 Å². The van der Waals surface area contributed by atoms with Gasteiger partial charge >= 0.3 is 0 Å². The highest BCUT2D eigenvalue weighted by molar-refractivity contribution is 5.99. The fourth-order valence-corrected chi connectivity index (χ4v) is 2.47. The van der Waals surface area contributed by atoms with Crippen molar-refractivity contribution < 1.29 is 9.59 Å². The molecule has 1 aromatic rings. The first-order chi connectivity index (χ1) is 10.5. The molecule has 5 heteroatoms. The molecule has 1 aliphatic heterocycles. The van der Waals surface area contributed by atoms with Gasteiger partial charge in [-0.05, 0) is 30.7 Å². The van der Waals surface area contributed by atoms with Gasteiger partial charge < -0.3 is 10.2 Å². The summed E-state index contributed by atoms with van der Waals surface area (Å²) < 4.78 is 0. The molecule has 0 saturated carbocycles. The number of pyridine rings is 1. The highest BCUT2D eigenvalue weighted by Gasteiger charge is 2.22. The first-order valence-electron chi connectivity index (χ1n) is 8.00. The zero-order chi connectivity index (χ0) is 16.1. The summed E-state index contributed by atoms with van der Waals surface area (Å²) in [7, 11) is 0. The smallest absolute Gasteiger partial charge is 0.255 e. The summed E-state index contributed by atoms with van der Waals surface area (Å²) >= 11 is 0. The molecule has 0 aromatic carbocycles. The summed E-state index contributed by atoms with van der Waals surface area (Å²) in [6.45, 7) is 8.46. The molecular formula is C17H25N3O2. The molecule has 0 atom stereocenters. The van der Waals surface area contributed by atoms with Crippen molar-refractivity contribution in [2.24, 2.45) is 11.8 Å². The van der Waals surface area contributed by atoms with Crippen molar-refractivity contribution >= 4 is 11.8 Å². The van der Waals surface area contributed by atoms with Crippen molar-refractivity contribution in [3.63, 3.8) is 0 Å². The van der Waals surface area contributed by atoms with Crippen molar-refractivity contribution in [3.8, 4) is 0 Å². The van der Waals surface area contributed by atoms with Gasteiger partial charge in [-0.1, -0.05) is 20.8 Å². The largest absolute Gasteiger partial charge is 0.352 e. The fraction of sp³-hybridized carbons (Fsp3) is 0.588. The fourth-order valence-electron chi connectivity index (χ4n) is 2.47. The Morgan fingerprint density at radius 1 is 1.27 bits per heavy atom. The van der Waals surface area contributed by atoms with Gasteiger partial charge in [-0.25, -0.2) is 0 Å². The summed E-state index contributed by atoms with van der Waals surface area (Å²) in [6, 6.07) is 1.64. The molecule has 1 aliphatic rings. The third-order valence-corrected chi connectivity index (χ3v) is 3.99. The average molecular weight is 303 g/mol. The lowest BCUT2D eigenvalue weighted by molar-refractivity contribution is 0.0697. The first-order valence-corrected chi connectivity index (χ1v) is 8.00. The van der Waals surface area contributed by atoms with Crippen LogP contribution in [0.25, 0.3) is 0 Å². The van der Waals surface area contributed by atoms with E-state index < -0.39 is 0 Å². The van der Waals surface area contributed by atoms with Crippen LogP contribution < -0.4 is 5.32 Å². The van der Waals surface area contributed by atoms with E-state index in [0.29, 0.717) is 29.5 Å². The van der Waals surface area contributed by atoms with E-state index in [2.05, 4.69) is 17.2 Å². The molecule has 0 bridgehead atoms. The molecule has 0 unspecified atom stereocenters. The van der Waals surface area contributed by atoms with Crippen molar-refractivity contribution in [2.75, 3.05) is 19.6 Å². The third kappa shape index (κ3) is 4.29. The molecule has 0 aliphatic carbocycles. The van der Waals surface area contributed by atoms with Crippen LogP contribution in [0.4, 0.5) is 0 Å². The molecule has 2 amide bonds. The monoisotopic (exact) mass is 303 g/mol. The first kappa shape index (κ1) is 16.5. The summed E-state index contributed by atoms with van der Waals surface area (Å²) in [5, 5.41) is 2.85. The molecule has 1 saturated heterocycles. The van der Waals surface area contributed by atoms with Crippen LogP contribution in [0.1, 0.15) is 54.3 Å². The Morgan fingerprint density at radius 2 is 1.91 bits per heavy atom. The predicted molar refractivity (Wildman–Crippen MR) is 85.7 cm³/mol. The predicted octanol–water partition coefficient (Wildman–Crippen LogP) is 2.34. The van der Waals surface area contributed by atoms with E-state index in [-0.39, 0.29) is 11.8 Å². The minimum atomic E-state index is -0.178. The molecular weight excluding hydrogens is 278 g/mol. The summed E-state index contributed by atoms with van der Waals surface area (Å²) in [5.41, 5.74) is 0.934. The number of nitrogens with one attached hydrogen (secondary N) is 1. The number of nitrogens with zero attached hydrogens (tertiary/aromatic N) is 2. The van der Waals surface area contributed by atoms with Crippen LogP contribution in [0.3, 0.4) is 0 Å². The molecule has 2 rings (SSSR count). The summed E-state index contributed by atoms with van der Waals surface area (Å²) in [6.07, 6.45) is 5.12. The van der Waals surface area contributed by atoms with Gasteiger partial charge in [-0.3, -0.25) is 14.6 Å². The van der Waals surface area contributed by atoms with Gasteiger partial charge in [0.1, 0.15) is 0 Å². The Labute approximate surface area is 132 Å². The second-order valence-corrected chi connectivity index (χ2v) is 6.54. The van der Waals surface area contributed by atoms with Crippen LogP contribution in [-0.4, -0.2) is 41.3 Å². The maximum atomic E-state index is 12.5. The maximum absolute atomic E-state index is 12.5. The van der Waals surface area contributed by atoms with Crippen LogP contribution in [0.15, 0.2) is 18.5 Å². The lowest BCUT2D eigenvalue weighted by Gasteiger charge is -2.30. The molecule has 1 N–H and O–H groups in total. The Kier molecular flexibility index (Phi) is 5.52. The van der Waals surface area contributed by atoms with Crippen LogP contribution in [-0.2, 0) is 0 Å². The number of aromatic nitrogens is 1. The van der Waals surface area contributed by atoms with Crippen molar-refractivity contribution in [1.29, 1.82) is 0 Å². The second-order valence-electron chi connectivity index (χ2n) is 6.54. The number of rotatable bonds is 4. The number of hydrogen-bond donors (Lipinski definition) is 1. The van der Waals surface area contributed by atoms with Gasteiger partial charge in [0.05, 0.1) is 11.1 Å². The SMILES string of the molecule is CC(C)CNC(=O)c1cncc(C(=O)N2CCC(C)CC2)c1. The Morgan fingerprint density at radius 3 is 2.55 bits per heavy atom. The number of amides is 2. The normalized spacial score (nSPS) is 15.9. The second kappa shape index (κ2) is 7.38. The van der Waals surface area contributed by atoms with E-state index in [1.165, 1.54) is 6.20 Å². The highest BCUT2D eigenvalue weighted by atomic mass is 16.2. The van der Waals surface area contributed by atoms with E-state index in [1.54, 1.807) is 12.3 Å². The minimum Gasteiger partial charge on any atom is -0.352 e. The molecule has 0 spiro atoms. The number of piperidine rings is 1. The van der Waals surface area contributed by atoms with Crippen molar-refractivity contribution in [2.45, 2.75) is 33.6 Å². The lowest BCUT2D eigenvalue weighted by atomic mass is 9.98. The van der Waals surface area contributed by atoms with Gasteiger partial charge in [0.2, 0.25) is 0 Å². The van der Waals surface area contributed by atoms with Crippen LogP contribution in [0, 0.1) is 11.8 Å². The Bertz CT molecular complexity index is 534. The van der Waals surface area contributed by atoms with Crippen LogP contribution in [0.5, 0.6) is 0 Å². The lowest BCUT2D eigenvalue weighted by Crippen LogP contribution is -2.38. The zero-order valence-electron chi connectivity index (χ0n) is 13.6. The standard InChI is InChI=1S/C17H25N3O2/c1-12(2)9-19-16(21)14-8-15(11-18-10-14)17(22)20-6-4-13(3)5-7-20/h8,10-13H,4-7,9H2,1-3H3,(H,19,21). The number of likely N-dealkylation sites (tertiary alicyclic amines) is 1. The van der Waals surface area contributed by atoms with Gasteiger partial charge in [0.15, 0.2) is 0 Å². The quantitative estimate of drug-likeness (QED) is 0.928. The highest BCUT2D eigenvalue weighted by Crippen LogP contribution is 2.18. The topological polar surface area (TPSA) is 62.3 Å². The van der Waals surface area contributed by atoms with E-state index in [0.717, 1.165) is 25.9 Å². The van der Waals surface area contributed by atoms with E-state index >= 15 is 0 Å². The van der Waals surface area contributed by atoms with Gasteiger partial charge in [0.25, 0.3) is 11.8 Å². The third-order valence-electron chi connectivity index (χ3n) is 3.99. The average Bonchev–Trinajstić information content (AvgIpc) is 2.52. The molecule has 1 fully saturated rings. The number of carbonyl (C=O) groups is 2. The number of carbonyl (C=O) groups excluding carboxylic acids is 2. The van der Waals surface area contributed by atoms with Gasteiger partial charge in [-0.2, -0.15) is 0 Å². The van der Waals surface area contributed by atoms with E-state index in [9.17, 15) is 9.59 Å². The Balaban J connectivity index is 2.04. The van der Waals surface area contributed by atoms with Gasteiger partial charge in [-0.15, -0.1) is 0 Å². The number of hydrogen-bond acceptors (Lipinski definition) is 3. The summed E-state index contributed by atoms with van der Waals surface area (Å²) in [5.74, 6) is 0.855. The van der Waals surface area contributed by atoms with Crippen LogP contribution in [0.2, 0.25) is 0 Å². The molecule has 120 valence electrons. The molecule has 5 nitrogen and oxygen atoms in total. The van der Waals surface area contributed by atoms with Crippen LogP contribution >= 0.6 is 0 Å². The molecule has 2 heterocycles. The molecule has 1 aromatic heterocycles. The van der Waals surface area contributed by atoms with E-state index in [4.69, 9.17) is 0 Å². The van der Waals surface area contributed by atoms with E-state index in [1.807, 2.05) is 18.7 Å². The van der Waals surface area contributed by atoms with Crippen molar-refractivity contribution in [3.05, 3.63) is 29.6 Å². The molecule has 22 heavy (non-hydrogen) atoms. The van der Waals surface area contributed by atoms with Gasteiger partial charge in [0, 0.05) is 32.0 Å². The maximum Gasteiger partial charge on any atom is 0.255 e. The zero-order valence-corrected chi connectivity index (χ0v) is 13.6. The Hall–Kier alpha value is -1.91.